The van der Waals surface area contributed by atoms with Gasteiger partial charge in [-0.1, -0.05) is 35.9 Å². The molecule has 2 heterocycles. The summed E-state index contributed by atoms with van der Waals surface area (Å²) in [5, 5.41) is 3.70. The normalized spacial score (nSPS) is 16.9. The molecule has 1 aliphatic heterocycles. The van der Waals surface area contributed by atoms with Crippen LogP contribution in [0.5, 0.6) is 5.75 Å². The molecule has 2 amide bonds. The van der Waals surface area contributed by atoms with E-state index < -0.39 is 12.0 Å². The second-order valence-electron chi connectivity index (χ2n) is 7.47. The molecule has 0 spiro atoms. The standard InChI is InChI=1S/C23H23ClN4O3/c1-27-12-11-25-22(27)21(15-7-9-17(24)10-8-15)26-23(30)16-13-20(29)28(14-16)18-5-3-4-6-19(18)31-2/h3-12,16,21H,13-14H2,1-2H3,(H,26,30)/t16-,21-/m1/s1. The van der Waals surface area contributed by atoms with E-state index in [1.807, 2.05) is 48.1 Å². The molecule has 0 unspecified atom stereocenters. The predicted octanol–water partition coefficient (Wildman–Crippen LogP) is 3.34. The van der Waals surface area contributed by atoms with E-state index in [-0.39, 0.29) is 18.2 Å². The highest BCUT2D eigenvalue weighted by molar-refractivity contribution is 6.30. The lowest BCUT2D eigenvalue weighted by molar-refractivity contribution is -0.126. The highest BCUT2D eigenvalue weighted by Gasteiger charge is 2.37. The molecule has 3 aromatic rings. The first-order valence-corrected chi connectivity index (χ1v) is 10.3. The maximum Gasteiger partial charge on any atom is 0.227 e. The fourth-order valence-electron chi connectivity index (χ4n) is 3.84. The Morgan fingerprint density at radius 2 is 1.97 bits per heavy atom. The summed E-state index contributed by atoms with van der Waals surface area (Å²) in [6, 6.07) is 14.1. The van der Waals surface area contributed by atoms with Crippen LogP contribution in [-0.2, 0) is 16.6 Å². The van der Waals surface area contributed by atoms with Crippen molar-refractivity contribution in [2.75, 3.05) is 18.6 Å². The van der Waals surface area contributed by atoms with E-state index in [0.717, 1.165) is 5.56 Å². The summed E-state index contributed by atoms with van der Waals surface area (Å²) in [5.41, 5.74) is 1.53. The van der Waals surface area contributed by atoms with Crippen molar-refractivity contribution < 1.29 is 14.3 Å². The highest BCUT2D eigenvalue weighted by atomic mass is 35.5. The molecule has 1 fully saturated rings. The Bertz CT molecular complexity index is 1100. The third kappa shape index (κ3) is 4.27. The molecule has 2 atom stereocenters. The molecule has 1 saturated heterocycles. The van der Waals surface area contributed by atoms with Gasteiger partial charge >= 0.3 is 0 Å². The number of carbonyl (C=O) groups excluding carboxylic acids is 2. The Hall–Kier alpha value is -3.32. The van der Waals surface area contributed by atoms with Crippen LogP contribution in [0.3, 0.4) is 0 Å². The molecule has 0 bridgehead atoms. The average molecular weight is 439 g/mol. The van der Waals surface area contributed by atoms with Crippen molar-refractivity contribution in [1.29, 1.82) is 0 Å². The first kappa shape index (κ1) is 20.9. The Balaban J connectivity index is 1.56. The molecule has 0 saturated carbocycles. The summed E-state index contributed by atoms with van der Waals surface area (Å²) >= 11 is 6.04. The number of halogens is 1. The van der Waals surface area contributed by atoms with Gasteiger partial charge in [-0.2, -0.15) is 0 Å². The lowest BCUT2D eigenvalue weighted by atomic mass is 10.0. The smallest absolute Gasteiger partial charge is 0.227 e. The minimum atomic E-state index is -0.479. The van der Waals surface area contributed by atoms with Crippen LogP contribution >= 0.6 is 11.6 Å². The van der Waals surface area contributed by atoms with E-state index in [1.165, 1.54) is 0 Å². The molecule has 0 aliphatic carbocycles. The van der Waals surface area contributed by atoms with Crippen molar-refractivity contribution in [3.05, 3.63) is 77.3 Å². The summed E-state index contributed by atoms with van der Waals surface area (Å²) in [5.74, 6) is 0.511. The number of hydrogen-bond donors (Lipinski definition) is 1. The average Bonchev–Trinajstić information content (AvgIpc) is 3.38. The van der Waals surface area contributed by atoms with Crippen molar-refractivity contribution in [1.82, 2.24) is 14.9 Å². The molecular weight excluding hydrogens is 416 g/mol. The minimum absolute atomic E-state index is 0.107. The van der Waals surface area contributed by atoms with Gasteiger partial charge in [0.05, 0.1) is 18.7 Å². The van der Waals surface area contributed by atoms with Crippen molar-refractivity contribution in [2.45, 2.75) is 12.5 Å². The summed E-state index contributed by atoms with van der Waals surface area (Å²) in [6.07, 6.45) is 3.65. The molecular formula is C23H23ClN4O3. The fourth-order valence-corrected chi connectivity index (χ4v) is 3.96. The zero-order valence-electron chi connectivity index (χ0n) is 17.3. The number of ether oxygens (including phenoxy) is 1. The Labute approximate surface area is 185 Å². The summed E-state index contributed by atoms with van der Waals surface area (Å²) in [4.78, 5) is 31.9. The number of rotatable bonds is 6. The quantitative estimate of drug-likeness (QED) is 0.640. The molecule has 7 nitrogen and oxygen atoms in total. The van der Waals surface area contributed by atoms with Crippen LogP contribution in [0.1, 0.15) is 23.9 Å². The largest absolute Gasteiger partial charge is 0.495 e. The third-order valence-electron chi connectivity index (χ3n) is 5.48. The number of imidazole rings is 1. The number of nitrogens with one attached hydrogen (secondary N) is 1. The number of benzene rings is 2. The van der Waals surface area contributed by atoms with Crippen LogP contribution in [-0.4, -0.2) is 35.0 Å². The van der Waals surface area contributed by atoms with Crippen molar-refractivity contribution in [2.24, 2.45) is 13.0 Å². The Kier molecular flexibility index (Phi) is 5.95. The van der Waals surface area contributed by atoms with Gasteiger partial charge in [0, 0.05) is 37.4 Å². The minimum Gasteiger partial charge on any atom is -0.495 e. The molecule has 4 rings (SSSR count). The number of hydrogen-bond acceptors (Lipinski definition) is 4. The molecule has 1 aromatic heterocycles. The van der Waals surface area contributed by atoms with Gasteiger partial charge < -0.3 is 19.5 Å². The van der Waals surface area contributed by atoms with Gasteiger partial charge in [0.2, 0.25) is 11.8 Å². The summed E-state index contributed by atoms with van der Waals surface area (Å²) < 4.78 is 7.24. The zero-order chi connectivity index (χ0) is 22.0. The van der Waals surface area contributed by atoms with Crippen LogP contribution < -0.4 is 15.0 Å². The Morgan fingerprint density at radius 3 is 2.65 bits per heavy atom. The monoisotopic (exact) mass is 438 g/mol. The number of aryl methyl sites for hydroxylation is 1. The van der Waals surface area contributed by atoms with Crippen molar-refractivity contribution >= 4 is 29.1 Å². The molecule has 31 heavy (non-hydrogen) atoms. The van der Waals surface area contributed by atoms with E-state index in [4.69, 9.17) is 16.3 Å². The third-order valence-corrected chi connectivity index (χ3v) is 5.73. The second-order valence-corrected chi connectivity index (χ2v) is 7.90. The van der Waals surface area contributed by atoms with E-state index in [9.17, 15) is 9.59 Å². The number of methoxy groups -OCH3 is 1. The highest BCUT2D eigenvalue weighted by Crippen LogP contribution is 2.33. The van der Waals surface area contributed by atoms with Gasteiger partial charge in [0.1, 0.15) is 17.6 Å². The van der Waals surface area contributed by atoms with E-state index in [1.54, 1.807) is 36.4 Å². The topological polar surface area (TPSA) is 76.5 Å². The van der Waals surface area contributed by atoms with Crippen molar-refractivity contribution in [3.63, 3.8) is 0 Å². The second kappa shape index (κ2) is 8.81. The summed E-state index contributed by atoms with van der Waals surface area (Å²) in [7, 11) is 3.44. The summed E-state index contributed by atoms with van der Waals surface area (Å²) in [6.45, 7) is 0.291. The molecule has 2 aromatic carbocycles. The van der Waals surface area contributed by atoms with Crippen LogP contribution in [0.4, 0.5) is 5.69 Å². The Morgan fingerprint density at radius 1 is 1.23 bits per heavy atom. The van der Waals surface area contributed by atoms with Gasteiger partial charge in [-0.15, -0.1) is 0 Å². The number of para-hydroxylation sites is 2. The van der Waals surface area contributed by atoms with Crippen LogP contribution in [0.25, 0.3) is 0 Å². The zero-order valence-corrected chi connectivity index (χ0v) is 18.0. The first-order chi connectivity index (χ1) is 15.0. The number of aromatic nitrogens is 2. The van der Waals surface area contributed by atoms with Gasteiger partial charge in [-0.05, 0) is 29.8 Å². The number of amides is 2. The molecule has 160 valence electrons. The van der Waals surface area contributed by atoms with E-state index in [0.29, 0.717) is 28.8 Å². The SMILES string of the molecule is COc1ccccc1N1C[C@H](C(=O)N[C@H](c2ccc(Cl)cc2)c2nccn2C)CC1=O. The maximum absolute atomic E-state index is 13.2. The van der Waals surface area contributed by atoms with Gasteiger partial charge in [0.15, 0.2) is 0 Å². The van der Waals surface area contributed by atoms with Gasteiger partial charge in [-0.25, -0.2) is 4.98 Å². The van der Waals surface area contributed by atoms with E-state index in [2.05, 4.69) is 10.3 Å². The van der Waals surface area contributed by atoms with Crippen LogP contribution in [0.2, 0.25) is 5.02 Å². The lowest BCUT2D eigenvalue weighted by Gasteiger charge is -2.22. The molecule has 1 N–H and O–H groups in total. The predicted molar refractivity (Wildman–Crippen MR) is 118 cm³/mol. The number of carbonyl (C=O) groups is 2. The number of anilines is 1. The first-order valence-electron chi connectivity index (χ1n) is 9.94. The fraction of sp³-hybridized carbons (Fsp3) is 0.261. The van der Waals surface area contributed by atoms with Crippen LogP contribution in [0, 0.1) is 5.92 Å². The molecule has 1 aliphatic rings. The molecule has 8 heteroatoms. The lowest BCUT2D eigenvalue weighted by Crippen LogP contribution is -2.37. The van der Waals surface area contributed by atoms with E-state index >= 15 is 0 Å². The maximum atomic E-state index is 13.2. The van der Waals surface area contributed by atoms with Gasteiger partial charge in [0.25, 0.3) is 0 Å². The van der Waals surface area contributed by atoms with Crippen molar-refractivity contribution in [3.8, 4) is 5.75 Å². The number of nitrogens with zero attached hydrogens (tertiary/aromatic N) is 3. The van der Waals surface area contributed by atoms with Gasteiger partial charge in [-0.3, -0.25) is 9.59 Å². The van der Waals surface area contributed by atoms with Crippen LogP contribution in [0.15, 0.2) is 60.9 Å². The molecule has 0 radical (unpaired) electrons.